The first-order chi connectivity index (χ1) is 13.2. The largest absolute Gasteiger partial charge is 0.347 e. The zero-order chi connectivity index (χ0) is 19.1. The molecule has 2 fully saturated rings. The second kappa shape index (κ2) is 11.7. The lowest BCUT2D eigenvalue weighted by Gasteiger charge is -2.27. The van der Waals surface area contributed by atoms with Crippen LogP contribution in [0.1, 0.15) is 63.9 Å². The molecule has 6 heteroatoms. The lowest BCUT2D eigenvalue weighted by atomic mass is 9.96. The van der Waals surface area contributed by atoms with Crippen molar-refractivity contribution < 1.29 is 4.79 Å². The van der Waals surface area contributed by atoms with Crippen LogP contribution in [-0.2, 0) is 4.79 Å². The second-order valence-corrected chi connectivity index (χ2v) is 8.82. The van der Waals surface area contributed by atoms with E-state index >= 15 is 0 Å². The van der Waals surface area contributed by atoms with E-state index in [2.05, 4.69) is 24.1 Å². The molecular formula is C22H34ClN3OS. The molecule has 1 saturated carbocycles. The van der Waals surface area contributed by atoms with E-state index in [1.165, 1.54) is 49.3 Å². The van der Waals surface area contributed by atoms with Crippen molar-refractivity contribution in [1.82, 2.24) is 4.90 Å². The van der Waals surface area contributed by atoms with E-state index in [0.717, 1.165) is 24.4 Å². The Morgan fingerprint density at radius 2 is 1.93 bits per heavy atom. The van der Waals surface area contributed by atoms with Crippen molar-refractivity contribution in [2.45, 2.75) is 77.3 Å². The van der Waals surface area contributed by atoms with Crippen LogP contribution in [0.25, 0.3) is 0 Å². The lowest BCUT2D eigenvalue weighted by Crippen LogP contribution is -2.38. The van der Waals surface area contributed by atoms with Crippen molar-refractivity contribution >= 4 is 40.9 Å². The highest BCUT2D eigenvalue weighted by molar-refractivity contribution is 8.14. The number of amides is 1. The number of rotatable bonds is 7. The fourth-order valence-corrected chi connectivity index (χ4v) is 5.09. The molecule has 0 bridgehead atoms. The van der Waals surface area contributed by atoms with E-state index in [4.69, 9.17) is 4.99 Å². The molecule has 28 heavy (non-hydrogen) atoms. The maximum Gasteiger partial charge on any atom is 0.226 e. The monoisotopic (exact) mass is 423 g/mol. The Labute approximate surface area is 180 Å². The molecule has 1 aromatic rings. The van der Waals surface area contributed by atoms with Gasteiger partial charge in [-0.15, -0.1) is 12.4 Å². The Kier molecular flexibility index (Phi) is 9.66. The third kappa shape index (κ3) is 6.70. The summed E-state index contributed by atoms with van der Waals surface area (Å²) in [5.74, 6) is 1.07. The minimum Gasteiger partial charge on any atom is -0.347 e. The molecule has 1 aliphatic heterocycles. The molecule has 1 saturated heterocycles. The Hall–Kier alpha value is -1.20. The Morgan fingerprint density at radius 3 is 2.61 bits per heavy atom. The average molecular weight is 424 g/mol. The van der Waals surface area contributed by atoms with Crippen molar-refractivity contribution in [2.24, 2.45) is 4.99 Å². The molecular weight excluding hydrogens is 390 g/mol. The minimum atomic E-state index is 0. The molecule has 1 amide bonds. The fraction of sp³-hybridized carbons (Fsp3) is 0.636. The number of hydrogen-bond donors (Lipinski definition) is 1. The van der Waals surface area contributed by atoms with Gasteiger partial charge in [0, 0.05) is 30.4 Å². The van der Waals surface area contributed by atoms with Gasteiger partial charge < -0.3 is 10.2 Å². The summed E-state index contributed by atoms with van der Waals surface area (Å²) in [4.78, 5) is 20.1. The van der Waals surface area contributed by atoms with Gasteiger partial charge in [-0.2, -0.15) is 0 Å². The molecule has 1 unspecified atom stereocenters. The fourth-order valence-electron chi connectivity index (χ4n) is 3.82. The van der Waals surface area contributed by atoms with E-state index in [0.29, 0.717) is 12.5 Å². The van der Waals surface area contributed by atoms with Crippen LogP contribution >= 0.6 is 24.2 Å². The van der Waals surface area contributed by atoms with Gasteiger partial charge in [0.05, 0.1) is 6.04 Å². The summed E-state index contributed by atoms with van der Waals surface area (Å²) < 4.78 is 0. The highest BCUT2D eigenvalue weighted by Gasteiger charge is 2.32. The predicted molar refractivity (Wildman–Crippen MR) is 124 cm³/mol. The number of anilines is 1. The normalized spacial score (nSPS) is 21.6. The van der Waals surface area contributed by atoms with Crippen LogP contribution in [0.2, 0.25) is 0 Å². The van der Waals surface area contributed by atoms with Crippen molar-refractivity contribution in [2.75, 3.05) is 17.6 Å². The zero-order valence-electron chi connectivity index (χ0n) is 17.2. The Morgan fingerprint density at radius 1 is 1.21 bits per heavy atom. The summed E-state index contributed by atoms with van der Waals surface area (Å²) in [6, 6.07) is 8.76. The molecule has 1 aromatic carbocycles. The van der Waals surface area contributed by atoms with Crippen LogP contribution in [0.3, 0.4) is 0 Å². The summed E-state index contributed by atoms with van der Waals surface area (Å²) in [6.07, 6.45) is 9.28. The number of thioether (sulfide) groups is 1. The molecule has 1 atom stereocenters. The molecule has 0 radical (unpaired) electrons. The number of amidine groups is 1. The van der Waals surface area contributed by atoms with E-state index < -0.39 is 0 Å². The van der Waals surface area contributed by atoms with Gasteiger partial charge in [-0.1, -0.05) is 62.1 Å². The number of nitrogens with zero attached hydrogens (tertiary/aromatic N) is 2. The van der Waals surface area contributed by atoms with Gasteiger partial charge in [-0.3, -0.25) is 9.79 Å². The van der Waals surface area contributed by atoms with E-state index in [1.54, 1.807) is 0 Å². The first-order valence-corrected chi connectivity index (χ1v) is 11.5. The topological polar surface area (TPSA) is 44.7 Å². The van der Waals surface area contributed by atoms with Crippen LogP contribution in [0.5, 0.6) is 0 Å². The van der Waals surface area contributed by atoms with Gasteiger partial charge in [-0.05, 0) is 38.3 Å². The SMILES string of the molecule is CCCCN1/C(=N/C2CCCCC2)SCC1CC(=O)Nc1ccc(C)cc1.Cl. The minimum absolute atomic E-state index is 0. The molecule has 1 N–H and O–H groups in total. The van der Waals surface area contributed by atoms with Gasteiger partial charge >= 0.3 is 0 Å². The number of benzene rings is 1. The van der Waals surface area contributed by atoms with Gasteiger partial charge in [-0.25, -0.2) is 0 Å². The van der Waals surface area contributed by atoms with Crippen LogP contribution in [-0.4, -0.2) is 40.4 Å². The van der Waals surface area contributed by atoms with Crippen molar-refractivity contribution in [1.29, 1.82) is 0 Å². The standard InChI is InChI=1S/C22H33N3OS.ClH/c1-3-4-14-25-20(15-21(26)23-19-12-10-17(2)11-13-19)16-27-22(25)24-18-8-6-5-7-9-18;/h10-13,18,20H,3-9,14-16H2,1-2H3,(H,23,26);1H/b24-22-;. The van der Waals surface area contributed by atoms with E-state index in [9.17, 15) is 4.79 Å². The maximum absolute atomic E-state index is 12.6. The highest BCUT2D eigenvalue weighted by Crippen LogP contribution is 2.30. The number of aliphatic imine (C=N–C) groups is 1. The number of unbranched alkanes of at least 4 members (excludes halogenated alkanes) is 1. The first kappa shape index (κ1) is 23.1. The Bertz CT molecular complexity index is 644. The second-order valence-electron chi connectivity index (χ2n) is 7.83. The number of nitrogens with one attached hydrogen (secondary N) is 1. The van der Waals surface area contributed by atoms with E-state index in [-0.39, 0.29) is 24.4 Å². The zero-order valence-corrected chi connectivity index (χ0v) is 18.8. The quantitative estimate of drug-likeness (QED) is 0.616. The molecule has 3 rings (SSSR count). The van der Waals surface area contributed by atoms with Gasteiger partial charge in [0.25, 0.3) is 0 Å². The average Bonchev–Trinajstić information content (AvgIpc) is 3.03. The Balaban J connectivity index is 0.00000280. The highest BCUT2D eigenvalue weighted by atomic mass is 35.5. The van der Waals surface area contributed by atoms with Crippen LogP contribution in [0.4, 0.5) is 5.69 Å². The molecule has 4 nitrogen and oxygen atoms in total. The van der Waals surface area contributed by atoms with Crippen molar-refractivity contribution in [3.63, 3.8) is 0 Å². The molecule has 0 spiro atoms. The van der Waals surface area contributed by atoms with Gasteiger partial charge in [0.1, 0.15) is 0 Å². The van der Waals surface area contributed by atoms with Crippen LogP contribution in [0.15, 0.2) is 29.3 Å². The number of carbonyl (C=O) groups excluding carboxylic acids is 1. The molecule has 156 valence electrons. The first-order valence-electron chi connectivity index (χ1n) is 10.5. The maximum atomic E-state index is 12.6. The number of halogens is 1. The number of aryl methyl sites for hydroxylation is 1. The third-order valence-corrected chi connectivity index (χ3v) is 6.62. The van der Waals surface area contributed by atoms with Gasteiger partial charge in [0.15, 0.2) is 5.17 Å². The third-order valence-electron chi connectivity index (χ3n) is 5.47. The predicted octanol–water partition coefficient (Wildman–Crippen LogP) is 5.65. The smallest absolute Gasteiger partial charge is 0.226 e. The number of carbonyl (C=O) groups is 1. The summed E-state index contributed by atoms with van der Waals surface area (Å²) in [6.45, 7) is 5.29. The molecule has 1 aliphatic carbocycles. The summed E-state index contributed by atoms with van der Waals surface area (Å²) in [7, 11) is 0. The summed E-state index contributed by atoms with van der Waals surface area (Å²) in [5, 5.41) is 4.24. The van der Waals surface area contributed by atoms with Crippen LogP contribution < -0.4 is 5.32 Å². The van der Waals surface area contributed by atoms with Crippen molar-refractivity contribution in [3.8, 4) is 0 Å². The molecule has 1 heterocycles. The van der Waals surface area contributed by atoms with Crippen molar-refractivity contribution in [3.05, 3.63) is 29.8 Å². The molecule has 0 aromatic heterocycles. The molecule has 2 aliphatic rings. The summed E-state index contributed by atoms with van der Waals surface area (Å²) in [5.41, 5.74) is 2.09. The number of hydrogen-bond acceptors (Lipinski definition) is 3. The summed E-state index contributed by atoms with van der Waals surface area (Å²) >= 11 is 1.85. The lowest BCUT2D eigenvalue weighted by molar-refractivity contribution is -0.116. The van der Waals surface area contributed by atoms with Crippen LogP contribution in [0, 0.1) is 6.92 Å². The van der Waals surface area contributed by atoms with E-state index in [1.807, 2.05) is 36.0 Å². The van der Waals surface area contributed by atoms with Gasteiger partial charge in [0.2, 0.25) is 5.91 Å².